The summed E-state index contributed by atoms with van der Waals surface area (Å²) in [5.41, 5.74) is 10.7. The van der Waals surface area contributed by atoms with E-state index in [4.69, 9.17) is 5.73 Å². The molecule has 108 valence electrons. The van der Waals surface area contributed by atoms with Crippen LogP contribution in [-0.4, -0.2) is 18.5 Å². The lowest BCUT2D eigenvalue weighted by molar-refractivity contribution is -0.115. The molecule has 4 heteroatoms. The second kappa shape index (κ2) is 5.13. The van der Waals surface area contributed by atoms with Gasteiger partial charge in [0.1, 0.15) is 0 Å². The van der Waals surface area contributed by atoms with Crippen LogP contribution in [0.15, 0.2) is 42.5 Å². The van der Waals surface area contributed by atoms with E-state index in [2.05, 4.69) is 30.1 Å². The quantitative estimate of drug-likeness (QED) is 0.832. The largest absolute Gasteiger partial charge is 0.399 e. The highest BCUT2D eigenvalue weighted by Gasteiger charge is 2.24. The van der Waals surface area contributed by atoms with Crippen LogP contribution in [-0.2, 0) is 4.79 Å². The van der Waals surface area contributed by atoms with Gasteiger partial charge in [0.15, 0.2) is 0 Å². The molecule has 0 radical (unpaired) electrons. The number of carbonyl (C=O) groups excluding carboxylic acids is 1. The lowest BCUT2D eigenvalue weighted by Crippen LogP contribution is -2.42. The maximum atomic E-state index is 11.8. The summed E-state index contributed by atoms with van der Waals surface area (Å²) in [5.74, 6) is 0.0351. The van der Waals surface area contributed by atoms with Crippen molar-refractivity contribution in [1.82, 2.24) is 0 Å². The Morgan fingerprint density at radius 2 is 1.90 bits per heavy atom. The summed E-state index contributed by atoms with van der Waals surface area (Å²) in [6, 6.07) is 14.2. The summed E-state index contributed by atoms with van der Waals surface area (Å²) < 4.78 is 0. The molecule has 3 N–H and O–H groups in total. The van der Waals surface area contributed by atoms with Gasteiger partial charge in [-0.3, -0.25) is 4.79 Å². The maximum Gasteiger partial charge on any atom is 0.243 e. The van der Waals surface area contributed by atoms with Gasteiger partial charge < -0.3 is 16.0 Å². The van der Waals surface area contributed by atoms with Crippen molar-refractivity contribution in [2.75, 3.05) is 22.5 Å². The van der Waals surface area contributed by atoms with E-state index in [-0.39, 0.29) is 11.9 Å². The SMILES string of the molecule is CC(C)N1CC(=O)Nc2ccc(-c3cccc(N)c3)cc21. The van der Waals surface area contributed by atoms with Crippen molar-refractivity contribution in [3.8, 4) is 11.1 Å². The molecule has 0 aromatic heterocycles. The molecule has 2 aromatic rings. The maximum absolute atomic E-state index is 11.8. The zero-order valence-electron chi connectivity index (χ0n) is 12.3. The third-order valence-electron chi connectivity index (χ3n) is 3.74. The summed E-state index contributed by atoms with van der Waals surface area (Å²) in [6.07, 6.45) is 0. The van der Waals surface area contributed by atoms with Crippen molar-refractivity contribution in [3.63, 3.8) is 0 Å². The summed E-state index contributed by atoms with van der Waals surface area (Å²) >= 11 is 0. The molecule has 0 aliphatic carbocycles. The molecular formula is C17H19N3O. The number of anilines is 3. The van der Waals surface area contributed by atoms with E-state index in [0.29, 0.717) is 6.54 Å². The van der Waals surface area contributed by atoms with Gasteiger partial charge in [-0.2, -0.15) is 0 Å². The third-order valence-corrected chi connectivity index (χ3v) is 3.74. The Kier molecular flexibility index (Phi) is 3.29. The highest BCUT2D eigenvalue weighted by Crippen LogP contribution is 2.35. The first-order valence-electron chi connectivity index (χ1n) is 7.11. The summed E-state index contributed by atoms with van der Waals surface area (Å²) in [4.78, 5) is 13.9. The van der Waals surface area contributed by atoms with E-state index in [1.54, 1.807) is 0 Å². The molecular weight excluding hydrogens is 262 g/mol. The average molecular weight is 281 g/mol. The minimum atomic E-state index is 0.0351. The Labute approximate surface area is 124 Å². The molecule has 3 rings (SSSR count). The van der Waals surface area contributed by atoms with Crippen LogP contribution in [0, 0.1) is 0 Å². The first kappa shape index (κ1) is 13.5. The highest BCUT2D eigenvalue weighted by atomic mass is 16.2. The monoisotopic (exact) mass is 281 g/mol. The third kappa shape index (κ3) is 2.57. The predicted molar refractivity (Wildman–Crippen MR) is 87.4 cm³/mol. The normalized spacial score (nSPS) is 14.0. The molecule has 1 aliphatic rings. The number of hydrogen-bond donors (Lipinski definition) is 2. The van der Waals surface area contributed by atoms with Crippen LogP contribution in [0.1, 0.15) is 13.8 Å². The van der Waals surface area contributed by atoms with Crippen molar-refractivity contribution in [3.05, 3.63) is 42.5 Å². The second-order valence-corrected chi connectivity index (χ2v) is 5.63. The molecule has 21 heavy (non-hydrogen) atoms. The summed E-state index contributed by atoms with van der Waals surface area (Å²) in [7, 11) is 0. The topological polar surface area (TPSA) is 58.4 Å². The van der Waals surface area contributed by atoms with Gasteiger partial charge in [-0.15, -0.1) is 0 Å². The van der Waals surface area contributed by atoms with Crippen LogP contribution in [0.3, 0.4) is 0 Å². The summed E-state index contributed by atoms with van der Waals surface area (Å²) in [6.45, 7) is 4.58. The number of amides is 1. The van der Waals surface area contributed by atoms with Gasteiger partial charge in [-0.05, 0) is 49.2 Å². The van der Waals surface area contributed by atoms with E-state index in [9.17, 15) is 4.79 Å². The van der Waals surface area contributed by atoms with Gasteiger partial charge in [-0.25, -0.2) is 0 Å². The molecule has 0 unspecified atom stereocenters. The highest BCUT2D eigenvalue weighted by molar-refractivity contribution is 6.02. The van der Waals surface area contributed by atoms with Gasteiger partial charge >= 0.3 is 0 Å². The van der Waals surface area contributed by atoms with Crippen LogP contribution in [0.4, 0.5) is 17.1 Å². The fraction of sp³-hybridized carbons (Fsp3) is 0.235. The molecule has 0 bridgehead atoms. The predicted octanol–water partition coefficient (Wildman–Crippen LogP) is 3.10. The first-order chi connectivity index (χ1) is 10.0. The van der Waals surface area contributed by atoms with Crippen LogP contribution >= 0.6 is 0 Å². The van der Waals surface area contributed by atoms with E-state index in [1.165, 1.54) is 0 Å². The number of nitrogens with zero attached hydrogens (tertiary/aromatic N) is 1. The number of hydrogen-bond acceptors (Lipinski definition) is 3. The van der Waals surface area contributed by atoms with Gasteiger partial charge in [0.2, 0.25) is 5.91 Å². The van der Waals surface area contributed by atoms with Crippen molar-refractivity contribution in [2.24, 2.45) is 0 Å². The average Bonchev–Trinajstić information content (AvgIpc) is 2.45. The Morgan fingerprint density at radius 1 is 1.14 bits per heavy atom. The molecule has 0 saturated carbocycles. The minimum Gasteiger partial charge on any atom is -0.399 e. The Hall–Kier alpha value is -2.49. The van der Waals surface area contributed by atoms with Gasteiger partial charge in [0, 0.05) is 11.7 Å². The smallest absolute Gasteiger partial charge is 0.243 e. The lowest BCUT2D eigenvalue weighted by Gasteiger charge is -2.34. The van der Waals surface area contributed by atoms with Crippen molar-refractivity contribution < 1.29 is 4.79 Å². The molecule has 1 amide bonds. The van der Waals surface area contributed by atoms with Crippen LogP contribution in [0.25, 0.3) is 11.1 Å². The van der Waals surface area contributed by atoms with E-state index < -0.39 is 0 Å². The molecule has 2 aromatic carbocycles. The van der Waals surface area contributed by atoms with Gasteiger partial charge in [0.05, 0.1) is 17.9 Å². The Morgan fingerprint density at radius 3 is 2.62 bits per heavy atom. The summed E-state index contributed by atoms with van der Waals surface area (Å²) in [5, 5.41) is 2.93. The number of carbonyl (C=O) groups is 1. The standard InChI is InChI=1S/C17H19N3O/c1-11(2)20-10-17(21)19-15-7-6-13(9-16(15)20)12-4-3-5-14(18)8-12/h3-9,11H,10,18H2,1-2H3,(H,19,21). The van der Waals surface area contributed by atoms with Gasteiger partial charge in [0.25, 0.3) is 0 Å². The zero-order chi connectivity index (χ0) is 15.0. The van der Waals surface area contributed by atoms with Crippen molar-refractivity contribution in [1.29, 1.82) is 0 Å². The number of fused-ring (bicyclic) bond motifs is 1. The fourth-order valence-corrected chi connectivity index (χ4v) is 2.66. The Bertz CT molecular complexity index is 694. The molecule has 0 saturated heterocycles. The number of rotatable bonds is 2. The number of nitrogen functional groups attached to an aromatic ring is 1. The van der Waals surface area contributed by atoms with E-state index >= 15 is 0 Å². The van der Waals surface area contributed by atoms with Crippen LogP contribution in [0.5, 0.6) is 0 Å². The minimum absolute atomic E-state index is 0.0351. The lowest BCUT2D eigenvalue weighted by atomic mass is 10.0. The van der Waals surface area contributed by atoms with Gasteiger partial charge in [-0.1, -0.05) is 18.2 Å². The van der Waals surface area contributed by atoms with Crippen molar-refractivity contribution >= 4 is 23.0 Å². The molecule has 0 fully saturated rings. The van der Waals surface area contributed by atoms with E-state index in [0.717, 1.165) is 28.2 Å². The fourth-order valence-electron chi connectivity index (χ4n) is 2.66. The number of nitrogens with two attached hydrogens (primary N) is 1. The first-order valence-corrected chi connectivity index (χ1v) is 7.11. The number of benzene rings is 2. The van der Waals surface area contributed by atoms with Crippen LogP contribution in [0.2, 0.25) is 0 Å². The second-order valence-electron chi connectivity index (χ2n) is 5.63. The van der Waals surface area contributed by atoms with Crippen LogP contribution < -0.4 is 16.0 Å². The number of nitrogens with one attached hydrogen (secondary N) is 1. The molecule has 1 aliphatic heterocycles. The molecule has 0 atom stereocenters. The zero-order valence-corrected chi connectivity index (χ0v) is 12.3. The molecule has 1 heterocycles. The van der Waals surface area contributed by atoms with E-state index in [1.807, 2.05) is 36.4 Å². The molecule has 0 spiro atoms. The molecule has 4 nitrogen and oxygen atoms in total. The van der Waals surface area contributed by atoms with Crippen molar-refractivity contribution in [2.45, 2.75) is 19.9 Å². The Balaban J connectivity index is 2.08.